The van der Waals surface area contributed by atoms with Crippen molar-refractivity contribution in [2.75, 3.05) is 18.4 Å². The summed E-state index contributed by atoms with van der Waals surface area (Å²) in [7, 11) is -3.79. The number of nitrogens with zero attached hydrogens (tertiary/aromatic N) is 3. The van der Waals surface area contributed by atoms with Gasteiger partial charge in [-0.15, -0.1) is 0 Å². The summed E-state index contributed by atoms with van der Waals surface area (Å²) >= 11 is 0. The van der Waals surface area contributed by atoms with Gasteiger partial charge in [0.2, 0.25) is 10.0 Å². The Balaban J connectivity index is 1.36. The van der Waals surface area contributed by atoms with E-state index in [-0.39, 0.29) is 41.1 Å². The van der Waals surface area contributed by atoms with Gasteiger partial charge < -0.3 is 21.5 Å². The average Bonchev–Trinajstić information content (AvgIpc) is 3.23. The van der Waals surface area contributed by atoms with E-state index in [1.54, 1.807) is 29.8 Å². The van der Waals surface area contributed by atoms with Gasteiger partial charge in [0.15, 0.2) is 0 Å². The number of hydrogen-bond acceptors (Lipinski definition) is 7. The summed E-state index contributed by atoms with van der Waals surface area (Å²) in [5, 5.41) is 20.1. The zero-order chi connectivity index (χ0) is 29.7. The quantitative estimate of drug-likeness (QED) is 0.329. The topological polar surface area (TPSA) is 177 Å². The van der Waals surface area contributed by atoms with Crippen molar-refractivity contribution < 1.29 is 27.9 Å². The minimum atomic E-state index is -3.79. The number of primary amides is 1. The van der Waals surface area contributed by atoms with E-state index in [4.69, 9.17) is 10.8 Å². The molecule has 3 aromatic rings. The lowest BCUT2D eigenvalue weighted by Gasteiger charge is -2.32. The smallest absolute Gasteiger partial charge is 0.335 e. The lowest BCUT2D eigenvalue weighted by atomic mass is 9.90. The van der Waals surface area contributed by atoms with Crippen LogP contribution in [-0.4, -0.2) is 70.1 Å². The number of aromatic carboxylic acids is 1. The van der Waals surface area contributed by atoms with Gasteiger partial charge in [0.25, 0.3) is 11.8 Å². The van der Waals surface area contributed by atoms with Crippen molar-refractivity contribution in [3.05, 3.63) is 70.5 Å². The van der Waals surface area contributed by atoms with Crippen LogP contribution in [0.3, 0.4) is 0 Å². The van der Waals surface area contributed by atoms with Crippen LogP contribution in [0.5, 0.6) is 0 Å². The molecule has 2 aliphatic rings. The van der Waals surface area contributed by atoms with E-state index in [1.165, 1.54) is 28.6 Å². The summed E-state index contributed by atoms with van der Waals surface area (Å²) in [6, 6.07) is 10.1. The predicted octanol–water partition coefficient (Wildman–Crippen LogP) is 2.31. The molecule has 1 saturated heterocycles. The molecule has 0 unspecified atom stereocenters. The Labute approximate surface area is 237 Å². The summed E-state index contributed by atoms with van der Waals surface area (Å²) in [4.78, 5) is 36.2. The van der Waals surface area contributed by atoms with Gasteiger partial charge in [-0.25, -0.2) is 17.9 Å². The average molecular weight is 581 g/mol. The van der Waals surface area contributed by atoms with Crippen molar-refractivity contribution in [2.45, 2.75) is 56.5 Å². The molecule has 5 N–H and O–H groups in total. The Kier molecular flexibility index (Phi) is 7.12. The standard InChI is InChI=1S/C28H32N6O6S/c1-16-24-23(15-28(2,3)31-26(24)36)34(32-16)19-6-9-21(25(29)35)22(14-19)30-18-10-12-33(13-11-18)41(39,40)20-7-4-17(5-8-20)27(37)38/h4-9,14,18,30H,10-13,15H2,1-3H3,(H2,29,35)(H,31,36)(H,37,38). The molecule has 0 aliphatic carbocycles. The Morgan fingerprint density at radius 2 is 1.78 bits per heavy atom. The van der Waals surface area contributed by atoms with Gasteiger partial charge in [-0.3, -0.25) is 9.59 Å². The molecule has 1 aromatic heterocycles. The highest BCUT2D eigenvalue weighted by atomic mass is 32.2. The van der Waals surface area contributed by atoms with Crippen LogP contribution < -0.4 is 16.4 Å². The second-order valence-corrected chi connectivity index (χ2v) is 13.0. The van der Waals surface area contributed by atoms with E-state index in [9.17, 15) is 22.8 Å². The summed E-state index contributed by atoms with van der Waals surface area (Å²) in [6.45, 7) is 6.15. The van der Waals surface area contributed by atoms with Crippen LogP contribution >= 0.6 is 0 Å². The van der Waals surface area contributed by atoms with Crippen LogP contribution in [0.1, 0.15) is 69.2 Å². The SMILES string of the molecule is Cc1nn(-c2ccc(C(N)=O)c(NC3CCN(S(=O)(=O)c4ccc(C(=O)O)cc4)CC3)c2)c2c1C(=O)NC(C)(C)C2. The molecule has 0 bridgehead atoms. The van der Waals surface area contributed by atoms with E-state index < -0.39 is 27.4 Å². The lowest BCUT2D eigenvalue weighted by Crippen LogP contribution is -2.49. The first kappa shape index (κ1) is 28.3. The van der Waals surface area contributed by atoms with Gasteiger partial charge >= 0.3 is 5.97 Å². The molecule has 0 radical (unpaired) electrons. The molecule has 2 amide bonds. The van der Waals surface area contributed by atoms with Gasteiger partial charge in [-0.1, -0.05) is 0 Å². The number of carbonyl (C=O) groups excluding carboxylic acids is 2. The highest BCUT2D eigenvalue weighted by Gasteiger charge is 2.35. The molecule has 2 aliphatic heterocycles. The minimum absolute atomic E-state index is 0.0112. The van der Waals surface area contributed by atoms with Crippen LogP contribution in [-0.2, 0) is 16.4 Å². The molecule has 0 atom stereocenters. The summed E-state index contributed by atoms with van der Waals surface area (Å²) in [5.74, 6) is -1.91. The van der Waals surface area contributed by atoms with E-state index >= 15 is 0 Å². The fourth-order valence-electron chi connectivity index (χ4n) is 5.46. The zero-order valence-electron chi connectivity index (χ0n) is 23.0. The monoisotopic (exact) mass is 580 g/mol. The summed E-state index contributed by atoms with van der Waals surface area (Å²) in [5.41, 5.74) is 8.62. The fraction of sp³-hybridized carbons (Fsp3) is 0.357. The molecule has 41 heavy (non-hydrogen) atoms. The van der Waals surface area contributed by atoms with Crippen molar-refractivity contribution in [3.63, 3.8) is 0 Å². The number of hydrogen-bond donors (Lipinski definition) is 4. The number of nitrogens with two attached hydrogens (primary N) is 1. The van der Waals surface area contributed by atoms with Gasteiger partial charge in [0.1, 0.15) is 0 Å². The molecule has 13 heteroatoms. The Bertz CT molecular complexity index is 1650. The van der Waals surface area contributed by atoms with Crippen molar-refractivity contribution in [2.24, 2.45) is 5.73 Å². The Hall–Kier alpha value is -4.23. The molecule has 216 valence electrons. The Morgan fingerprint density at radius 1 is 1.12 bits per heavy atom. The third kappa shape index (κ3) is 5.42. The number of nitrogens with one attached hydrogen (secondary N) is 2. The molecule has 1 fully saturated rings. The lowest BCUT2D eigenvalue weighted by molar-refractivity contribution is 0.0696. The fourth-order valence-corrected chi connectivity index (χ4v) is 6.93. The number of aromatic nitrogens is 2. The number of benzene rings is 2. The van der Waals surface area contributed by atoms with Gasteiger partial charge in [-0.2, -0.15) is 9.40 Å². The maximum Gasteiger partial charge on any atom is 0.335 e. The highest BCUT2D eigenvalue weighted by Crippen LogP contribution is 2.30. The number of aryl methyl sites for hydroxylation is 1. The highest BCUT2D eigenvalue weighted by molar-refractivity contribution is 7.89. The van der Waals surface area contributed by atoms with E-state index in [0.717, 1.165) is 5.69 Å². The first-order chi connectivity index (χ1) is 19.3. The molecule has 0 saturated carbocycles. The number of carboxylic acids is 1. The molecule has 2 aromatic carbocycles. The number of carbonyl (C=O) groups is 3. The maximum atomic E-state index is 13.1. The molecule has 0 spiro atoms. The second kappa shape index (κ2) is 10.3. The van der Waals surface area contributed by atoms with Crippen molar-refractivity contribution in [1.82, 2.24) is 19.4 Å². The molecular weight excluding hydrogens is 548 g/mol. The number of fused-ring (bicyclic) bond motifs is 1. The van der Waals surface area contributed by atoms with Crippen molar-refractivity contribution in [3.8, 4) is 5.69 Å². The van der Waals surface area contributed by atoms with Crippen molar-refractivity contribution in [1.29, 1.82) is 0 Å². The predicted molar refractivity (Wildman–Crippen MR) is 151 cm³/mol. The van der Waals surface area contributed by atoms with Gasteiger partial charge in [-0.05, 0) is 76.1 Å². The number of carboxylic acid groups (broad SMARTS) is 1. The number of amides is 2. The number of sulfonamides is 1. The van der Waals surface area contributed by atoms with Crippen LogP contribution in [0.15, 0.2) is 47.4 Å². The van der Waals surface area contributed by atoms with E-state index in [2.05, 4.69) is 15.7 Å². The van der Waals surface area contributed by atoms with Gasteiger partial charge in [0, 0.05) is 36.8 Å². The first-order valence-corrected chi connectivity index (χ1v) is 14.7. The number of piperidine rings is 1. The number of anilines is 1. The number of rotatable bonds is 7. The third-order valence-corrected chi connectivity index (χ3v) is 9.42. The Morgan fingerprint density at radius 3 is 2.39 bits per heavy atom. The van der Waals surface area contributed by atoms with E-state index in [0.29, 0.717) is 41.9 Å². The first-order valence-electron chi connectivity index (χ1n) is 13.2. The molecular formula is C28H32N6O6S. The van der Waals surface area contributed by atoms with Crippen molar-refractivity contribution >= 4 is 33.5 Å². The largest absolute Gasteiger partial charge is 0.478 e. The minimum Gasteiger partial charge on any atom is -0.478 e. The van der Waals surface area contributed by atoms with Gasteiger partial charge in [0.05, 0.1) is 38.7 Å². The van der Waals surface area contributed by atoms with Crippen LogP contribution in [0, 0.1) is 6.92 Å². The summed E-state index contributed by atoms with van der Waals surface area (Å²) in [6.07, 6.45) is 1.51. The molecule has 3 heterocycles. The second-order valence-electron chi connectivity index (χ2n) is 11.1. The normalized spacial score (nSPS) is 17.5. The van der Waals surface area contributed by atoms with Crippen LogP contribution in [0.4, 0.5) is 5.69 Å². The van der Waals surface area contributed by atoms with Crippen LogP contribution in [0.2, 0.25) is 0 Å². The maximum absolute atomic E-state index is 13.1. The summed E-state index contributed by atoms with van der Waals surface area (Å²) < 4.78 is 29.4. The zero-order valence-corrected chi connectivity index (χ0v) is 23.8. The van der Waals surface area contributed by atoms with E-state index in [1.807, 2.05) is 13.8 Å². The molecule has 12 nitrogen and oxygen atoms in total. The third-order valence-electron chi connectivity index (χ3n) is 7.51. The van der Waals surface area contributed by atoms with Crippen LogP contribution in [0.25, 0.3) is 5.69 Å². The molecule has 5 rings (SSSR count).